The minimum atomic E-state index is -0.234. The van der Waals surface area contributed by atoms with E-state index < -0.39 is 0 Å². The highest BCUT2D eigenvalue weighted by Gasteiger charge is 2.36. The minimum Gasteiger partial charge on any atom is -0.493 e. The molecule has 0 saturated heterocycles. The van der Waals surface area contributed by atoms with Gasteiger partial charge in [0.2, 0.25) is 0 Å². The molecular formula is C16H24BrNO2. The molecule has 2 N–H and O–H groups in total. The summed E-state index contributed by atoms with van der Waals surface area (Å²) in [7, 11) is 3.33. The molecule has 0 unspecified atom stereocenters. The third-order valence-electron chi connectivity index (χ3n) is 4.26. The van der Waals surface area contributed by atoms with Crippen LogP contribution in [0.25, 0.3) is 0 Å². The Morgan fingerprint density at radius 2 is 1.80 bits per heavy atom. The first kappa shape index (κ1) is 15.6. The molecule has 1 aliphatic rings. The Kier molecular flexibility index (Phi) is 4.65. The van der Waals surface area contributed by atoms with Crippen LogP contribution in [0.3, 0.4) is 0 Å². The van der Waals surface area contributed by atoms with Gasteiger partial charge in [0.15, 0.2) is 11.5 Å². The molecule has 20 heavy (non-hydrogen) atoms. The largest absolute Gasteiger partial charge is 0.493 e. The number of ether oxygens (including phenoxy) is 2. The fraction of sp³-hybridized carbons (Fsp3) is 0.625. The summed E-state index contributed by atoms with van der Waals surface area (Å²) in [6, 6.07) is 2.07. The molecule has 0 amide bonds. The molecule has 0 spiro atoms. The van der Waals surface area contributed by atoms with E-state index in [0.29, 0.717) is 5.92 Å². The molecule has 1 aromatic carbocycles. The van der Waals surface area contributed by atoms with E-state index in [-0.39, 0.29) is 5.54 Å². The average molecular weight is 342 g/mol. The normalized spacial score (nSPS) is 17.6. The Bertz CT molecular complexity index is 494. The van der Waals surface area contributed by atoms with Crippen molar-refractivity contribution in [1.82, 2.24) is 0 Å². The van der Waals surface area contributed by atoms with Gasteiger partial charge in [-0.25, -0.2) is 0 Å². The molecule has 2 rings (SSSR count). The molecule has 112 valence electrons. The quantitative estimate of drug-likeness (QED) is 0.886. The van der Waals surface area contributed by atoms with Crippen LogP contribution in [0.2, 0.25) is 0 Å². The van der Waals surface area contributed by atoms with Crippen LogP contribution in [0.5, 0.6) is 11.5 Å². The van der Waals surface area contributed by atoms with E-state index in [2.05, 4.69) is 35.8 Å². The van der Waals surface area contributed by atoms with Crippen molar-refractivity contribution in [2.24, 2.45) is 5.73 Å². The molecular weight excluding hydrogens is 318 g/mol. The summed E-state index contributed by atoms with van der Waals surface area (Å²) in [5, 5.41) is 0. The molecule has 1 aromatic rings. The van der Waals surface area contributed by atoms with Gasteiger partial charge in [0.1, 0.15) is 0 Å². The molecule has 0 radical (unpaired) electrons. The number of hydrogen-bond donors (Lipinski definition) is 1. The van der Waals surface area contributed by atoms with Crippen LogP contribution in [-0.4, -0.2) is 14.2 Å². The first-order chi connectivity index (χ1) is 9.44. The number of nitrogens with two attached hydrogens (primary N) is 1. The first-order valence-electron chi connectivity index (χ1n) is 7.18. The van der Waals surface area contributed by atoms with Crippen molar-refractivity contribution in [3.8, 4) is 11.5 Å². The lowest BCUT2D eigenvalue weighted by atomic mass is 9.82. The Balaban J connectivity index is 2.68. The Morgan fingerprint density at radius 3 is 2.25 bits per heavy atom. The highest BCUT2D eigenvalue weighted by atomic mass is 79.9. The molecule has 0 aliphatic heterocycles. The molecule has 0 aromatic heterocycles. The molecule has 1 aliphatic carbocycles. The summed E-state index contributed by atoms with van der Waals surface area (Å²) in [6.45, 7) is 4.38. The van der Waals surface area contributed by atoms with Gasteiger partial charge in [-0.3, -0.25) is 0 Å². The van der Waals surface area contributed by atoms with Crippen LogP contribution in [0.15, 0.2) is 10.5 Å². The van der Waals surface area contributed by atoms with Crippen LogP contribution in [0, 0.1) is 0 Å². The van der Waals surface area contributed by atoms with Crippen molar-refractivity contribution < 1.29 is 9.47 Å². The average Bonchev–Trinajstić information content (AvgIpc) is 2.85. The van der Waals surface area contributed by atoms with Gasteiger partial charge in [-0.1, -0.05) is 26.7 Å². The van der Waals surface area contributed by atoms with Crippen molar-refractivity contribution in [2.45, 2.75) is 51.0 Å². The van der Waals surface area contributed by atoms with Gasteiger partial charge in [-0.15, -0.1) is 0 Å². The van der Waals surface area contributed by atoms with E-state index in [4.69, 9.17) is 15.2 Å². The van der Waals surface area contributed by atoms with E-state index in [1.165, 1.54) is 24.0 Å². The van der Waals surface area contributed by atoms with Gasteiger partial charge < -0.3 is 15.2 Å². The summed E-state index contributed by atoms with van der Waals surface area (Å²) in [4.78, 5) is 0. The molecule has 3 nitrogen and oxygen atoms in total. The zero-order chi connectivity index (χ0) is 14.9. The van der Waals surface area contributed by atoms with Crippen LogP contribution in [0.1, 0.15) is 56.6 Å². The van der Waals surface area contributed by atoms with Crippen LogP contribution >= 0.6 is 15.9 Å². The molecule has 1 fully saturated rings. The Hall–Kier alpha value is -0.740. The van der Waals surface area contributed by atoms with Gasteiger partial charge in [-0.05, 0) is 51.9 Å². The number of rotatable bonds is 4. The second kappa shape index (κ2) is 5.94. The lowest BCUT2D eigenvalue weighted by molar-refractivity contribution is 0.349. The summed E-state index contributed by atoms with van der Waals surface area (Å²) in [5.74, 6) is 1.87. The van der Waals surface area contributed by atoms with Gasteiger partial charge >= 0.3 is 0 Å². The van der Waals surface area contributed by atoms with Crippen molar-refractivity contribution in [1.29, 1.82) is 0 Å². The standard InChI is InChI=1S/C16H24BrNO2/c1-10(2)13-11(16(18)7-5-6-8-16)9-12(19-3)15(20-4)14(13)17/h9-10H,5-8,18H2,1-4H3. The molecule has 0 bridgehead atoms. The van der Waals surface area contributed by atoms with Crippen LogP contribution in [-0.2, 0) is 5.54 Å². The Labute approximate surface area is 130 Å². The maximum atomic E-state index is 6.69. The van der Waals surface area contributed by atoms with E-state index >= 15 is 0 Å². The smallest absolute Gasteiger partial charge is 0.175 e. The lowest BCUT2D eigenvalue weighted by Gasteiger charge is -2.30. The van der Waals surface area contributed by atoms with Gasteiger partial charge in [0, 0.05) is 5.54 Å². The second-order valence-corrected chi connectivity index (χ2v) is 6.70. The maximum Gasteiger partial charge on any atom is 0.175 e. The topological polar surface area (TPSA) is 44.5 Å². The third kappa shape index (κ3) is 2.56. The van der Waals surface area contributed by atoms with Crippen molar-refractivity contribution in [2.75, 3.05) is 14.2 Å². The SMILES string of the molecule is COc1cc(C2(N)CCCC2)c(C(C)C)c(Br)c1OC. The predicted octanol–water partition coefficient (Wildman–Crippen LogP) is 4.32. The molecule has 0 heterocycles. The second-order valence-electron chi connectivity index (χ2n) is 5.91. The van der Waals surface area contributed by atoms with Crippen molar-refractivity contribution in [3.05, 3.63) is 21.7 Å². The van der Waals surface area contributed by atoms with E-state index in [0.717, 1.165) is 28.8 Å². The zero-order valence-corrected chi connectivity index (χ0v) is 14.3. The van der Waals surface area contributed by atoms with Gasteiger partial charge in [0.25, 0.3) is 0 Å². The summed E-state index contributed by atoms with van der Waals surface area (Å²) in [6.07, 6.45) is 4.46. The highest BCUT2D eigenvalue weighted by Crippen LogP contribution is 2.48. The Morgan fingerprint density at radius 1 is 1.20 bits per heavy atom. The van der Waals surface area contributed by atoms with E-state index in [1.807, 2.05) is 0 Å². The fourth-order valence-corrected chi connectivity index (χ4v) is 4.25. The van der Waals surface area contributed by atoms with E-state index in [1.54, 1.807) is 14.2 Å². The first-order valence-corrected chi connectivity index (χ1v) is 7.97. The number of hydrogen-bond acceptors (Lipinski definition) is 3. The number of benzene rings is 1. The minimum absolute atomic E-state index is 0.234. The van der Waals surface area contributed by atoms with E-state index in [9.17, 15) is 0 Å². The van der Waals surface area contributed by atoms with Gasteiger partial charge in [-0.2, -0.15) is 0 Å². The van der Waals surface area contributed by atoms with Crippen molar-refractivity contribution >= 4 is 15.9 Å². The van der Waals surface area contributed by atoms with Crippen LogP contribution < -0.4 is 15.2 Å². The number of halogens is 1. The highest BCUT2D eigenvalue weighted by molar-refractivity contribution is 9.10. The summed E-state index contributed by atoms with van der Waals surface area (Å²) >= 11 is 3.70. The predicted molar refractivity (Wildman–Crippen MR) is 85.7 cm³/mol. The third-order valence-corrected chi connectivity index (χ3v) is 5.05. The van der Waals surface area contributed by atoms with Gasteiger partial charge in [0.05, 0.1) is 18.7 Å². The lowest BCUT2D eigenvalue weighted by Crippen LogP contribution is -2.34. The monoisotopic (exact) mass is 341 g/mol. The molecule has 0 atom stereocenters. The van der Waals surface area contributed by atoms with Crippen LogP contribution in [0.4, 0.5) is 0 Å². The number of methoxy groups -OCH3 is 2. The summed E-state index contributed by atoms with van der Waals surface area (Å²) < 4.78 is 12.0. The summed E-state index contributed by atoms with van der Waals surface area (Å²) in [5.41, 5.74) is 8.90. The fourth-order valence-electron chi connectivity index (χ4n) is 3.22. The zero-order valence-electron chi connectivity index (χ0n) is 12.8. The van der Waals surface area contributed by atoms with Crippen molar-refractivity contribution in [3.63, 3.8) is 0 Å². The maximum absolute atomic E-state index is 6.69. The molecule has 1 saturated carbocycles. The molecule has 4 heteroatoms.